The van der Waals surface area contributed by atoms with Gasteiger partial charge in [-0.3, -0.25) is 24.6 Å². The summed E-state index contributed by atoms with van der Waals surface area (Å²) in [6, 6.07) is -0.426. The highest BCUT2D eigenvalue weighted by Gasteiger charge is 2.52. The number of nitrogens with one attached hydrogen (secondary N) is 1. The van der Waals surface area contributed by atoms with E-state index in [9.17, 15) is 14.4 Å². The number of carbonyl (C=O) groups is 3. The van der Waals surface area contributed by atoms with Crippen LogP contribution in [-0.4, -0.2) is 47.9 Å². The third kappa shape index (κ3) is 2.95. The Labute approximate surface area is 125 Å². The van der Waals surface area contributed by atoms with E-state index < -0.39 is 17.6 Å². The van der Waals surface area contributed by atoms with E-state index in [-0.39, 0.29) is 24.3 Å². The van der Waals surface area contributed by atoms with Crippen LogP contribution in [0.25, 0.3) is 0 Å². The van der Waals surface area contributed by atoms with Gasteiger partial charge in [0.05, 0.1) is 18.7 Å². The molecule has 6 heteroatoms. The lowest BCUT2D eigenvalue weighted by molar-refractivity contribution is -0.164. The van der Waals surface area contributed by atoms with Crippen molar-refractivity contribution in [2.45, 2.75) is 57.5 Å². The van der Waals surface area contributed by atoms with Crippen molar-refractivity contribution in [3.8, 4) is 0 Å². The zero-order valence-corrected chi connectivity index (χ0v) is 13.0. The van der Waals surface area contributed by atoms with E-state index in [0.29, 0.717) is 0 Å². The van der Waals surface area contributed by atoms with Gasteiger partial charge >= 0.3 is 5.97 Å². The highest BCUT2D eigenvalue weighted by molar-refractivity contribution is 6.06. The van der Waals surface area contributed by atoms with Crippen molar-refractivity contribution < 1.29 is 19.1 Å². The van der Waals surface area contributed by atoms with Gasteiger partial charge in [0.25, 0.3) is 0 Å². The van der Waals surface area contributed by atoms with Crippen LogP contribution in [0.15, 0.2) is 0 Å². The van der Waals surface area contributed by atoms with Gasteiger partial charge in [0.15, 0.2) is 0 Å². The van der Waals surface area contributed by atoms with Crippen molar-refractivity contribution in [2.24, 2.45) is 5.92 Å². The minimum Gasteiger partial charge on any atom is -0.468 e. The second-order valence-electron chi connectivity index (χ2n) is 6.31. The number of esters is 1. The number of imide groups is 1. The van der Waals surface area contributed by atoms with E-state index in [4.69, 9.17) is 0 Å². The number of methoxy groups -OCH3 is 1. The van der Waals surface area contributed by atoms with Gasteiger partial charge in [-0.1, -0.05) is 33.1 Å². The summed E-state index contributed by atoms with van der Waals surface area (Å²) in [7, 11) is 1.26. The van der Waals surface area contributed by atoms with Crippen LogP contribution in [0.1, 0.15) is 46.0 Å². The molecule has 1 atom stereocenters. The molecule has 1 N–H and O–H groups in total. The first kappa shape index (κ1) is 15.9. The van der Waals surface area contributed by atoms with E-state index >= 15 is 0 Å². The molecule has 1 spiro atoms. The lowest BCUT2D eigenvalue weighted by Crippen LogP contribution is -2.72. The molecule has 118 valence electrons. The summed E-state index contributed by atoms with van der Waals surface area (Å²) in [6.07, 6.45) is 4.47. The molecule has 1 heterocycles. The van der Waals surface area contributed by atoms with Gasteiger partial charge in [-0.2, -0.15) is 0 Å². The second kappa shape index (κ2) is 6.13. The number of amides is 2. The minimum absolute atomic E-state index is 0.0598. The van der Waals surface area contributed by atoms with E-state index in [1.807, 2.05) is 13.8 Å². The van der Waals surface area contributed by atoms with Crippen LogP contribution in [0.5, 0.6) is 0 Å². The standard InChI is InChI=1S/C15H24N2O4/c1-10(2)12-13(19)17(9-11(18)21-3)14(20)15(16-12)7-5-4-6-8-15/h10,12,16H,4-9H2,1-3H3/t12-/m0/s1. The Morgan fingerprint density at radius 1 is 1.33 bits per heavy atom. The maximum atomic E-state index is 12.8. The SMILES string of the molecule is COC(=O)CN1C(=O)[C@H](C(C)C)NC2(CCCCC2)C1=O. The van der Waals surface area contributed by atoms with Crippen LogP contribution in [0.3, 0.4) is 0 Å². The van der Waals surface area contributed by atoms with E-state index in [1.54, 1.807) is 0 Å². The van der Waals surface area contributed by atoms with Gasteiger partial charge in [0.1, 0.15) is 6.54 Å². The molecule has 21 heavy (non-hydrogen) atoms. The highest BCUT2D eigenvalue weighted by atomic mass is 16.5. The average Bonchev–Trinajstić information content (AvgIpc) is 2.48. The molecular weight excluding hydrogens is 272 g/mol. The molecule has 2 fully saturated rings. The van der Waals surface area contributed by atoms with Crippen LogP contribution < -0.4 is 5.32 Å². The van der Waals surface area contributed by atoms with Crippen LogP contribution in [0.4, 0.5) is 0 Å². The summed E-state index contributed by atoms with van der Waals surface area (Å²) in [4.78, 5) is 37.9. The smallest absolute Gasteiger partial charge is 0.325 e. The molecule has 6 nitrogen and oxygen atoms in total. The normalized spacial score (nSPS) is 25.5. The monoisotopic (exact) mass is 296 g/mol. The molecule has 0 aromatic rings. The zero-order valence-electron chi connectivity index (χ0n) is 13.0. The van der Waals surface area contributed by atoms with E-state index in [1.165, 1.54) is 7.11 Å². The number of nitrogens with zero attached hydrogens (tertiary/aromatic N) is 1. The highest BCUT2D eigenvalue weighted by Crippen LogP contribution is 2.34. The molecule has 2 amide bonds. The maximum absolute atomic E-state index is 12.8. The molecular formula is C15H24N2O4. The largest absolute Gasteiger partial charge is 0.468 e. The predicted octanol–water partition coefficient (Wildman–Crippen LogP) is 0.845. The maximum Gasteiger partial charge on any atom is 0.325 e. The van der Waals surface area contributed by atoms with Gasteiger partial charge in [-0.15, -0.1) is 0 Å². The van der Waals surface area contributed by atoms with Gasteiger partial charge in [0.2, 0.25) is 11.8 Å². The van der Waals surface area contributed by atoms with Gasteiger partial charge < -0.3 is 4.74 Å². The summed E-state index contributed by atoms with van der Waals surface area (Å²) in [5.74, 6) is -1.09. The Morgan fingerprint density at radius 3 is 2.48 bits per heavy atom. The molecule has 2 rings (SSSR count). The van der Waals surface area contributed by atoms with Crippen LogP contribution in [-0.2, 0) is 19.1 Å². The number of ether oxygens (including phenoxy) is 1. The molecule has 1 aliphatic heterocycles. The fourth-order valence-electron chi connectivity index (χ4n) is 3.26. The van der Waals surface area contributed by atoms with Crippen LogP contribution in [0.2, 0.25) is 0 Å². The lowest BCUT2D eigenvalue weighted by Gasteiger charge is -2.47. The summed E-state index contributed by atoms with van der Waals surface area (Å²) in [6.45, 7) is 3.59. The first-order valence-corrected chi connectivity index (χ1v) is 7.61. The third-order valence-corrected chi connectivity index (χ3v) is 4.51. The predicted molar refractivity (Wildman–Crippen MR) is 76.3 cm³/mol. The number of hydrogen-bond acceptors (Lipinski definition) is 5. The molecule has 0 aromatic heterocycles. The van der Waals surface area contributed by atoms with Crippen molar-refractivity contribution in [2.75, 3.05) is 13.7 Å². The van der Waals surface area contributed by atoms with Gasteiger partial charge in [-0.25, -0.2) is 0 Å². The summed E-state index contributed by atoms with van der Waals surface area (Å²) in [5, 5.41) is 3.30. The number of rotatable bonds is 3. The minimum atomic E-state index is -0.685. The summed E-state index contributed by atoms with van der Waals surface area (Å²) in [5.41, 5.74) is -0.685. The molecule has 0 bridgehead atoms. The summed E-state index contributed by atoms with van der Waals surface area (Å²) < 4.78 is 4.62. The molecule has 0 aromatic carbocycles. The Balaban J connectivity index is 2.30. The fourth-order valence-corrected chi connectivity index (χ4v) is 3.26. The molecule has 0 unspecified atom stereocenters. The second-order valence-corrected chi connectivity index (χ2v) is 6.31. The number of piperazine rings is 1. The topological polar surface area (TPSA) is 75.7 Å². The van der Waals surface area contributed by atoms with E-state index in [2.05, 4.69) is 10.1 Å². The van der Waals surface area contributed by atoms with E-state index in [0.717, 1.165) is 37.0 Å². The molecule has 1 saturated carbocycles. The number of carbonyl (C=O) groups excluding carboxylic acids is 3. The quantitative estimate of drug-likeness (QED) is 0.617. The van der Waals surface area contributed by atoms with Gasteiger partial charge in [-0.05, 0) is 18.8 Å². The van der Waals surface area contributed by atoms with Crippen molar-refractivity contribution in [3.63, 3.8) is 0 Å². The third-order valence-electron chi connectivity index (χ3n) is 4.51. The molecule has 1 saturated heterocycles. The Morgan fingerprint density at radius 2 is 1.95 bits per heavy atom. The Bertz CT molecular complexity index is 441. The first-order chi connectivity index (χ1) is 9.91. The van der Waals surface area contributed by atoms with Crippen molar-refractivity contribution in [1.29, 1.82) is 0 Å². The average molecular weight is 296 g/mol. The summed E-state index contributed by atoms with van der Waals surface area (Å²) >= 11 is 0. The molecule has 2 aliphatic rings. The van der Waals surface area contributed by atoms with Gasteiger partial charge in [0, 0.05) is 0 Å². The zero-order chi connectivity index (χ0) is 15.6. The fraction of sp³-hybridized carbons (Fsp3) is 0.800. The van der Waals surface area contributed by atoms with Crippen molar-refractivity contribution in [1.82, 2.24) is 10.2 Å². The molecule has 1 aliphatic carbocycles. The molecule has 0 radical (unpaired) electrons. The van der Waals surface area contributed by atoms with Crippen LogP contribution >= 0.6 is 0 Å². The number of hydrogen-bond donors (Lipinski definition) is 1. The van der Waals surface area contributed by atoms with Crippen molar-refractivity contribution >= 4 is 17.8 Å². The Hall–Kier alpha value is -1.43. The Kier molecular flexibility index (Phi) is 4.66. The lowest BCUT2D eigenvalue weighted by atomic mass is 9.77. The first-order valence-electron chi connectivity index (χ1n) is 7.61. The van der Waals surface area contributed by atoms with Crippen molar-refractivity contribution in [3.05, 3.63) is 0 Å². The van der Waals surface area contributed by atoms with Crippen LogP contribution in [0, 0.1) is 5.92 Å².